The van der Waals surface area contributed by atoms with E-state index in [1.165, 1.54) is 42.3 Å². The van der Waals surface area contributed by atoms with Crippen molar-refractivity contribution in [2.45, 2.75) is 25.8 Å². The van der Waals surface area contributed by atoms with Crippen LogP contribution >= 0.6 is 0 Å². The predicted molar refractivity (Wildman–Crippen MR) is 117 cm³/mol. The quantitative estimate of drug-likeness (QED) is 0.307. The molecule has 0 radical (unpaired) electrons. The zero-order chi connectivity index (χ0) is 23.8. The smallest absolute Gasteiger partial charge is 0.342 e. The number of hydrogen-bond acceptors (Lipinski definition) is 8. The Balaban J connectivity index is 2.01. The van der Waals surface area contributed by atoms with Crippen LogP contribution < -0.4 is 0 Å². The van der Waals surface area contributed by atoms with Gasteiger partial charge in [-0.05, 0) is 35.4 Å². The molecule has 0 aliphatic carbocycles. The SMILES string of the molecule is COC(C)(OC)OC(=O)c1ccc(/C=C/c2ccc(C(=O)OC(C)(OC)OC)cc2)cc1. The fourth-order valence-corrected chi connectivity index (χ4v) is 2.44. The van der Waals surface area contributed by atoms with Crippen LogP contribution in [0.2, 0.25) is 0 Å². The molecule has 8 heteroatoms. The van der Waals surface area contributed by atoms with E-state index in [0.717, 1.165) is 11.1 Å². The molecule has 0 aliphatic rings. The Morgan fingerprint density at radius 2 is 0.875 bits per heavy atom. The van der Waals surface area contributed by atoms with Crippen LogP contribution in [0.3, 0.4) is 0 Å². The average molecular weight is 444 g/mol. The van der Waals surface area contributed by atoms with Gasteiger partial charge >= 0.3 is 23.9 Å². The maximum absolute atomic E-state index is 12.2. The highest BCUT2D eigenvalue weighted by Gasteiger charge is 2.29. The maximum Gasteiger partial charge on any atom is 0.342 e. The van der Waals surface area contributed by atoms with E-state index in [4.69, 9.17) is 28.4 Å². The van der Waals surface area contributed by atoms with E-state index in [9.17, 15) is 9.59 Å². The van der Waals surface area contributed by atoms with Gasteiger partial charge in [-0.1, -0.05) is 36.4 Å². The average Bonchev–Trinajstić information content (AvgIpc) is 2.83. The van der Waals surface area contributed by atoms with Crippen LogP contribution in [0.1, 0.15) is 45.7 Å². The maximum atomic E-state index is 12.2. The van der Waals surface area contributed by atoms with Gasteiger partial charge in [0, 0.05) is 42.3 Å². The zero-order valence-electron chi connectivity index (χ0n) is 19.0. The summed E-state index contributed by atoms with van der Waals surface area (Å²) in [4.78, 5) is 24.5. The van der Waals surface area contributed by atoms with Gasteiger partial charge in [0.15, 0.2) is 0 Å². The molecule has 2 aromatic rings. The Hall–Kier alpha value is -3.04. The summed E-state index contributed by atoms with van der Waals surface area (Å²) in [6.45, 7) is 3.00. The Labute approximate surface area is 187 Å². The number of ether oxygens (including phenoxy) is 6. The van der Waals surface area contributed by atoms with Crippen molar-refractivity contribution >= 4 is 24.1 Å². The molecule has 0 aromatic heterocycles. The predicted octanol–water partition coefficient (Wildman–Crippen LogP) is 4.10. The third-order valence-corrected chi connectivity index (χ3v) is 4.80. The lowest BCUT2D eigenvalue weighted by molar-refractivity contribution is -0.323. The van der Waals surface area contributed by atoms with E-state index in [0.29, 0.717) is 11.1 Å². The molecule has 0 fully saturated rings. The van der Waals surface area contributed by atoms with E-state index >= 15 is 0 Å². The van der Waals surface area contributed by atoms with Crippen LogP contribution in [-0.2, 0) is 28.4 Å². The Bertz CT molecular complexity index is 846. The monoisotopic (exact) mass is 444 g/mol. The minimum absolute atomic E-state index is 0.365. The first-order valence-corrected chi connectivity index (χ1v) is 9.73. The topological polar surface area (TPSA) is 89.5 Å². The highest BCUT2D eigenvalue weighted by molar-refractivity contribution is 5.90. The molecule has 8 nitrogen and oxygen atoms in total. The standard InChI is InChI=1S/C24H28O8/c1-23(27-3,28-4)31-21(25)19-13-9-17(10-14-19)7-8-18-11-15-20(16-12-18)22(26)32-24(2,29-5)30-6/h7-16H,1-6H3/b8-7+. The van der Waals surface area contributed by atoms with Crippen molar-refractivity contribution in [2.75, 3.05) is 28.4 Å². The summed E-state index contributed by atoms with van der Waals surface area (Å²) in [5, 5.41) is 0. The van der Waals surface area contributed by atoms with Crippen LogP contribution in [0.25, 0.3) is 12.2 Å². The van der Waals surface area contributed by atoms with Crippen molar-refractivity contribution in [1.29, 1.82) is 0 Å². The molecule has 0 saturated carbocycles. The largest absolute Gasteiger partial charge is 0.404 e. The van der Waals surface area contributed by atoms with Gasteiger partial charge in [-0.15, -0.1) is 0 Å². The first-order chi connectivity index (χ1) is 15.2. The summed E-state index contributed by atoms with van der Waals surface area (Å²) >= 11 is 0. The van der Waals surface area contributed by atoms with Gasteiger partial charge in [-0.25, -0.2) is 9.59 Å². The molecule has 32 heavy (non-hydrogen) atoms. The van der Waals surface area contributed by atoms with Gasteiger partial charge in [0.25, 0.3) is 0 Å². The molecule has 0 amide bonds. The fourth-order valence-electron chi connectivity index (χ4n) is 2.44. The number of benzene rings is 2. The summed E-state index contributed by atoms with van der Waals surface area (Å²) in [5.41, 5.74) is 2.48. The second-order valence-electron chi connectivity index (χ2n) is 6.90. The minimum Gasteiger partial charge on any atom is -0.404 e. The summed E-state index contributed by atoms with van der Waals surface area (Å²) < 4.78 is 30.5. The van der Waals surface area contributed by atoms with Crippen LogP contribution in [0.15, 0.2) is 48.5 Å². The molecule has 0 atom stereocenters. The van der Waals surface area contributed by atoms with Gasteiger partial charge < -0.3 is 28.4 Å². The van der Waals surface area contributed by atoms with Crippen molar-refractivity contribution in [1.82, 2.24) is 0 Å². The van der Waals surface area contributed by atoms with E-state index in [-0.39, 0.29) is 0 Å². The highest BCUT2D eigenvalue weighted by Crippen LogP contribution is 2.18. The molecule has 0 aliphatic heterocycles. The Morgan fingerprint density at radius 1 is 0.594 bits per heavy atom. The second-order valence-corrected chi connectivity index (χ2v) is 6.90. The molecule has 0 spiro atoms. The summed E-state index contributed by atoms with van der Waals surface area (Å²) in [6.07, 6.45) is 3.76. The molecule has 0 saturated heterocycles. The molecule has 2 aromatic carbocycles. The zero-order valence-corrected chi connectivity index (χ0v) is 19.0. The summed E-state index contributed by atoms with van der Waals surface area (Å²) in [5.74, 6) is -4.01. The van der Waals surface area contributed by atoms with E-state index in [2.05, 4.69) is 0 Å². The fraction of sp³-hybridized carbons (Fsp3) is 0.333. The first-order valence-electron chi connectivity index (χ1n) is 9.73. The number of hydrogen-bond donors (Lipinski definition) is 0. The van der Waals surface area contributed by atoms with Gasteiger partial charge in [-0.3, -0.25) is 0 Å². The van der Waals surface area contributed by atoms with E-state index < -0.39 is 23.9 Å². The highest BCUT2D eigenvalue weighted by atomic mass is 16.9. The first kappa shape index (κ1) is 25.2. The number of carbonyl (C=O) groups excluding carboxylic acids is 2. The third kappa shape index (κ3) is 6.73. The van der Waals surface area contributed by atoms with Crippen molar-refractivity contribution in [3.8, 4) is 0 Å². The number of esters is 2. The normalized spacial score (nSPS) is 12.1. The van der Waals surface area contributed by atoms with Crippen LogP contribution in [0, 0.1) is 0 Å². The number of rotatable bonds is 10. The molecule has 0 unspecified atom stereocenters. The minimum atomic E-state index is -1.44. The van der Waals surface area contributed by atoms with Gasteiger partial charge in [0.05, 0.1) is 11.1 Å². The lowest BCUT2D eigenvalue weighted by atomic mass is 10.1. The van der Waals surface area contributed by atoms with Gasteiger partial charge in [0.1, 0.15) is 0 Å². The molecule has 2 rings (SSSR count). The van der Waals surface area contributed by atoms with Crippen LogP contribution in [0.5, 0.6) is 0 Å². The van der Waals surface area contributed by atoms with Crippen molar-refractivity contribution < 1.29 is 38.0 Å². The molecule has 0 bridgehead atoms. The van der Waals surface area contributed by atoms with Crippen LogP contribution in [0.4, 0.5) is 0 Å². The molecule has 172 valence electrons. The number of methoxy groups -OCH3 is 4. The molecular weight excluding hydrogens is 416 g/mol. The van der Waals surface area contributed by atoms with Crippen molar-refractivity contribution in [2.24, 2.45) is 0 Å². The Morgan fingerprint density at radius 3 is 1.12 bits per heavy atom. The Kier molecular flexibility index (Phi) is 8.68. The summed E-state index contributed by atoms with van der Waals surface area (Å²) in [6, 6.07) is 13.7. The van der Waals surface area contributed by atoms with Crippen LogP contribution in [-0.4, -0.2) is 52.3 Å². The lowest BCUT2D eigenvalue weighted by Gasteiger charge is -2.25. The summed E-state index contributed by atoms with van der Waals surface area (Å²) in [7, 11) is 5.54. The second kappa shape index (κ2) is 11.0. The number of carbonyl (C=O) groups is 2. The van der Waals surface area contributed by atoms with Crippen molar-refractivity contribution in [3.05, 3.63) is 70.8 Å². The molecule has 0 heterocycles. The molecular formula is C24H28O8. The van der Waals surface area contributed by atoms with E-state index in [1.54, 1.807) is 48.5 Å². The van der Waals surface area contributed by atoms with Gasteiger partial charge in [-0.2, -0.15) is 0 Å². The van der Waals surface area contributed by atoms with E-state index in [1.807, 2.05) is 12.2 Å². The molecule has 0 N–H and O–H groups in total. The van der Waals surface area contributed by atoms with Gasteiger partial charge in [0.2, 0.25) is 0 Å². The lowest BCUT2D eigenvalue weighted by Crippen LogP contribution is -2.35. The third-order valence-electron chi connectivity index (χ3n) is 4.80. The van der Waals surface area contributed by atoms with Crippen molar-refractivity contribution in [3.63, 3.8) is 0 Å².